The number of hydrogen-bond donors (Lipinski definition) is 2. The molecule has 6 nitrogen and oxygen atoms in total. The molecule has 68 heavy (non-hydrogen) atoms. The number of halogens is 4. The van der Waals surface area contributed by atoms with Crippen molar-refractivity contribution in [2.75, 3.05) is 10.2 Å². The molecule has 1 fully saturated rings. The van der Waals surface area contributed by atoms with Crippen molar-refractivity contribution < 1.29 is 53.5 Å². The number of benzene rings is 8. The zero-order valence-electron chi connectivity index (χ0n) is 36.9. The van der Waals surface area contributed by atoms with E-state index in [0.717, 1.165) is 91.1 Å². The van der Waals surface area contributed by atoms with Crippen LogP contribution in [-0.4, -0.2) is 19.3 Å². The van der Waals surface area contributed by atoms with Crippen LogP contribution >= 0.6 is 16.3 Å². The van der Waals surface area contributed by atoms with E-state index >= 15 is 0 Å². The van der Waals surface area contributed by atoms with Gasteiger partial charge in [-0.2, -0.15) is 0 Å². The maximum Gasteiger partial charge on any atom is 0.673 e. The van der Waals surface area contributed by atoms with Crippen molar-refractivity contribution in [1.82, 2.24) is 0 Å². The summed E-state index contributed by atoms with van der Waals surface area (Å²) in [5.41, 5.74) is 3.32. The molecule has 0 amide bonds. The van der Waals surface area contributed by atoms with Crippen LogP contribution in [0, 0.1) is 0 Å². The summed E-state index contributed by atoms with van der Waals surface area (Å²) in [7, 11) is -9.10. The molecule has 8 aromatic carbocycles. The predicted molar refractivity (Wildman–Crippen MR) is 274 cm³/mol. The molecule has 0 spiro atoms. The minimum Gasteiger partial charge on any atom is -0.418 e. The molecule has 0 bridgehead atoms. The fraction of sp³-hybridized carbons (Fsp3) is 0.185. The summed E-state index contributed by atoms with van der Waals surface area (Å²) < 4.78 is 66.5. The Labute approximate surface area is 405 Å². The van der Waals surface area contributed by atoms with Crippen molar-refractivity contribution >= 4 is 111 Å². The fourth-order valence-corrected chi connectivity index (χ4v) is 12.2. The van der Waals surface area contributed by atoms with Gasteiger partial charge >= 0.3 is 23.6 Å². The summed E-state index contributed by atoms with van der Waals surface area (Å²) in [5, 5.41) is 21.3. The normalized spacial score (nSPS) is 17.2. The van der Waals surface area contributed by atoms with E-state index in [4.69, 9.17) is 16.8 Å². The van der Waals surface area contributed by atoms with E-state index in [1.165, 1.54) is 47.2 Å². The van der Waals surface area contributed by atoms with Gasteiger partial charge in [0.2, 0.25) is 0 Å². The molecule has 1 radical (unpaired) electrons. The van der Waals surface area contributed by atoms with Gasteiger partial charge in [0, 0.05) is 53.1 Å². The second kappa shape index (κ2) is 21.4. The number of nitrogens with one attached hydrogen (secondary N) is 2. The maximum atomic E-state index is 9.75. The first-order chi connectivity index (χ1) is 32.7. The molecule has 2 atom stereocenters. The van der Waals surface area contributed by atoms with Crippen LogP contribution in [-0.2, 0) is 19.5 Å². The van der Waals surface area contributed by atoms with Crippen molar-refractivity contribution in [3.05, 3.63) is 170 Å². The Morgan fingerprint density at radius 2 is 0.632 bits per heavy atom. The second-order valence-corrected chi connectivity index (χ2v) is 19.1. The molecule has 2 aliphatic carbocycles. The van der Waals surface area contributed by atoms with E-state index in [2.05, 4.69) is 180 Å². The molecule has 2 N–H and O–H groups in total. The molecule has 2 aromatic heterocycles. The monoisotopic (exact) mass is 1040 g/mol. The van der Waals surface area contributed by atoms with Gasteiger partial charge in [0.25, 0.3) is 0 Å². The molecule has 12 rings (SSSR count). The van der Waals surface area contributed by atoms with Crippen LogP contribution in [0.3, 0.4) is 0 Å². The summed E-state index contributed by atoms with van der Waals surface area (Å²) in [6.07, 6.45) is 18.2. The molecule has 2 heterocycles. The van der Waals surface area contributed by atoms with Crippen LogP contribution in [0.5, 0.6) is 0 Å². The van der Waals surface area contributed by atoms with Gasteiger partial charge in [0.05, 0.1) is 0 Å². The molecule has 14 heteroatoms. The van der Waals surface area contributed by atoms with Gasteiger partial charge in [0.1, 0.15) is 22.3 Å². The van der Waals surface area contributed by atoms with E-state index < -0.39 is 23.6 Å². The van der Waals surface area contributed by atoms with Crippen LogP contribution in [0.2, 0.25) is 0 Å². The number of fused-ring (bicyclic) bond motifs is 14. The Morgan fingerprint density at radius 1 is 0.382 bits per heavy atom. The predicted octanol–water partition coefficient (Wildman–Crippen LogP) is 18.6. The van der Waals surface area contributed by atoms with Gasteiger partial charge in [0.15, 0.2) is 0 Å². The third kappa shape index (κ3) is 10.7. The van der Waals surface area contributed by atoms with Gasteiger partial charge in [-0.05, 0) is 106 Å². The van der Waals surface area contributed by atoms with Crippen molar-refractivity contribution in [2.24, 2.45) is 0 Å². The van der Waals surface area contributed by atoms with E-state index in [0.29, 0.717) is 0 Å². The molecular weight excluding hydrogens is 992 g/mol. The Morgan fingerprint density at radius 3 is 0.897 bits per heavy atom. The first-order valence-electron chi connectivity index (χ1n) is 22.8. The van der Waals surface area contributed by atoms with Gasteiger partial charge in [-0.25, -0.2) is 10.2 Å². The maximum absolute atomic E-state index is 9.75. The summed E-state index contributed by atoms with van der Waals surface area (Å²) in [6, 6.07) is 51.2. The average Bonchev–Trinajstić information content (AvgIpc) is 3.59. The third-order valence-corrected chi connectivity index (χ3v) is 15.0. The van der Waals surface area contributed by atoms with Crippen LogP contribution < -0.4 is 10.2 Å². The van der Waals surface area contributed by atoms with Crippen LogP contribution in [0.15, 0.2) is 187 Å². The number of allylic oxidation sites excluding steroid dienone is 4. The van der Waals surface area contributed by atoms with Crippen LogP contribution in [0.4, 0.5) is 17.3 Å². The zero-order chi connectivity index (χ0) is 45.7. The van der Waals surface area contributed by atoms with Crippen molar-refractivity contribution in [1.29, 1.82) is 0 Å². The minimum absolute atomic E-state index is 0. The quantitative estimate of drug-likeness (QED) is 0.104. The Bertz CT molecular complexity index is 3120. The molecule has 349 valence electrons. The molecule has 2 aliphatic rings. The Balaban J connectivity index is 0.000000362. The molecule has 0 saturated heterocycles. The van der Waals surface area contributed by atoms with E-state index in [-0.39, 0.29) is 31.6 Å². The Hall–Kier alpha value is -5.59. The summed E-state index contributed by atoms with van der Waals surface area (Å²) in [6.45, 7) is 0. The molecule has 0 aliphatic heterocycles. The zero-order valence-corrected chi connectivity index (χ0v) is 40.4. The van der Waals surface area contributed by atoms with Crippen molar-refractivity contribution in [3.8, 4) is 0 Å². The van der Waals surface area contributed by atoms with Crippen molar-refractivity contribution in [3.63, 3.8) is 0 Å². The molecule has 1 saturated carbocycles. The fourth-order valence-electron chi connectivity index (χ4n) is 9.41. The first-order valence-corrected chi connectivity index (χ1v) is 25.2. The van der Waals surface area contributed by atoms with Crippen LogP contribution in [0.1, 0.15) is 51.4 Å². The van der Waals surface area contributed by atoms with E-state index in [1.54, 1.807) is 0 Å². The average molecular weight is 1040 g/mol. The smallest absolute Gasteiger partial charge is 0.418 e. The van der Waals surface area contributed by atoms with Crippen molar-refractivity contribution in [2.45, 2.75) is 63.5 Å². The van der Waals surface area contributed by atoms with Gasteiger partial charge in [-0.15, -0.1) is 0 Å². The molecule has 0 unspecified atom stereocenters. The number of rotatable bonds is 4. The van der Waals surface area contributed by atoms with Gasteiger partial charge in [-0.3, -0.25) is 0 Å². The topological polar surface area (TPSA) is 76.6 Å². The Kier molecular flexibility index (Phi) is 14.9. The molecule has 10 aromatic rings. The standard InChI is InChI=1S/C46H36N2O4P2.C8H12.BF4.Rh/c1-5-15-33-29(11-1)21-25-39-43(33)44-34-16-6-2-12-30(34)22-26-40(44)50-53(49-39)47-37-19-9-10-20-38(37)48-54-51-41-27-23-31-13-3-7-17-35(31)45(41)46-36-18-8-4-14-32(36)24-28-42(46)52-54;1-2-4-6-8-7-5-3-1;2-1(3,4)5;/h1-8,11-18,21-28,37-38,47-48H,9-10,19-20H2;1-2,7-8H,3-6H2;;/q;;-1;/b;2-1-,8-7-;;/t37-,38-;;;/m1.../s1. The summed E-state index contributed by atoms with van der Waals surface area (Å²) in [4.78, 5) is 0. The largest absolute Gasteiger partial charge is 0.673 e. The van der Waals surface area contributed by atoms with E-state index in [9.17, 15) is 17.3 Å². The van der Waals surface area contributed by atoms with Gasteiger partial charge in [-0.1, -0.05) is 158 Å². The van der Waals surface area contributed by atoms with Crippen LogP contribution in [0.25, 0.3) is 87.0 Å². The SMILES string of the molecule is C1=C\CC/C=C\CC/1.F[B-](F)(F)F.[Rh].c1ccc2c(c1)ccc1op(N[C@@H]3CCCC[C@H]3Np3oc4ccc5ccccc5c4c4c(ccc5ccccc54)o3)oc3ccc4ccccc4c3c12. The number of hydrogen-bond acceptors (Lipinski definition) is 6. The molecular formula is C54H48BF4N2O4P2Rh-. The first kappa shape index (κ1) is 47.5. The summed E-state index contributed by atoms with van der Waals surface area (Å²) >= 11 is 0. The summed E-state index contributed by atoms with van der Waals surface area (Å²) in [5.74, 6) is 0. The third-order valence-electron chi connectivity index (χ3n) is 12.4. The van der Waals surface area contributed by atoms with Gasteiger partial charge < -0.3 is 34.0 Å². The second-order valence-electron chi connectivity index (χ2n) is 16.9. The van der Waals surface area contributed by atoms with E-state index in [1.807, 2.05) is 0 Å². The minimum atomic E-state index is -6.00.